The number of halogens is 2. The van der Waals surface area contributed by atoms with Gasteiger partial charge in [-0.05, 0) is 35.7 Å². The molecule has 2 aliphatic heterocycles. The third kappa shape index (κ3) is 5.61. The van der Waals surface area contributed by atoms with Crippen molar-refractivity contribution in [1.29, 1.82) is 0 Å². The van der Waals surface area contributed by atoms with Gasteiger partial charge < -0.3 is 30.0 Å². The van der Waals surface area contributed by atoms with Crippen molar-refractivity contribution < 1.29 is 37.7 Å². The molecule has 2 heterocycles. The van der Waals surface area contributed by atoms with E-state index in [1.807, 2.05) is 0 Å². The standard InChI is InChI=1S/C25H28F2N2O6/c1-33-9-6-28-24(31)16-3-2-14(11-19(16)26)10-15-12-18(22(27)17-4-8-35-23(15)17)25(32)29-20-5-7-34-13-21(20)30/h2-3,11-12,20-21,30H,4-10,13H2,1H3,(H,28,31)(H,29,32)/t20-,21-/m0/s1. The van der Waals surface area contributed by atoms with E-state index in [0.29, 0.717) is 48.5 Å². The molecule has 10 heteroatoms. The summed E-state index contributed by atoms with van der Waals surface area (Å²) in [7, 11) is 1.50. The first kappa shape index (κ1) is 25.0. The van der Waals surface area contributed by atoms with Crippen molar-refractivity contribution in [2.24, 2.45) is 0 Å². The fourth-order valence-corrected chi connectivity index (χ4v) is 4.29. The zero-order chi connectivity index (χ0) is 24.9. The van der Waals surface area contributed by atoms with Gasteiger partial charge in [0.1, 0.15) is 17.4 Å². The summed E-state index contributed by atoms with van der Waals surface area (Å²) in [6.45, 7) is 1.33. The minimum absolute atomic E-state index is 0.0967. The number of methoxy groups -OCH3 is 1. The van der Waals surface area contributed by atoms with Crippen LogP contribution in [0.5, 0.6) is 5.75 Å². The van der Waals surface area contributed by atoms with E-state index >= 15 is 4.39 Å². The maximum atomic E-state index is 15.2. The molecule has 0 aromatic heterocycles. The number of ether oxygens (including phenoxy) is 3. The van der Waals surface area contributed by atoms with Crippen molar-refractivity contribution in [3.05, 3.63) is 63.7 Å². The molecule has 188 valence electrons. The van der Waals surface area contributed by atoms with Crippen LogP contribution in [0.2, 0.25) is 0 Å². The molecule has 4 rings (SSSR count). The number of carbonyl (C=O) groups excluding carboxylic acids is 2. The summed E-state index contributed by atoms with van der Waals surface area (Å²) < 4.78 is 45.5. The molecular weight excluding hydrogens is 462 g/mol. The third-order valence-corrected chi connectivity index (χ3v) is 6.14. The molecule has 2 amide bonds. The average Bonchev–Trinajstić information content (AvgIpc) is 3.33. The second-order valence-electron chi connectivity index (χ2n) is 8.55. The van der Waals surface area contributed by atoms with Crippen molar-refractivity contribution in [2.45, 2.75) is 31.4 Å². The minimum Gasteiger partial charge on any atom is -0.493 e. The van der Waals surface area contributed by atoms with Gasteiger partial charge in [0, 0.05) is 38.7 Å². The van der Waals surface area contributed by atoms with Crippen LogP contribution < -0.4 is 15.4 Å². The van der Waals surface area contributed by atoms with Crippen LogP contribution in [0.4, 0.5) is 8.78 Å². The number of aliphatic hydroxyl groups is 1. The van der Waals surface area contributed by atoms with E-state index in [1.165, 1.54) is 25.3 Å². The molecule has 35 heavy (non-hydrogen) atoms. The van der Waals surface area contributed by atoms with Crippen molar-refractivity contribution in [3.63, 3.8) is 0 Å². The first-order chi connectivity index (χ1) is 16.9. The topological polar surface area (TPSA) is 106 Å². The Morgan fingerprint density at radius 2 is 2.00 bits per heavy atom. The number of hydrogen-bond acceptors (Lipinski definition) is 6. The molecule has 0 unspecified atom stereocenters. The van der Waals surface area contributed by atoms with E-state index in [4.69, 9.17) is 14.2 Å². The highest BCUT2D eigenvalue weighted by atomic mass is 19.1. The number of benzene rings is 2. The number of nitrogens with one attached hydrogen (secondary N) is 2. The third-order valence-electron chi connectivity index (χ3n) is 6.14. The van der Waals surface area contributed by atoms with E-state index < -0.39 is 35.6 Å². The monoisotopic (exact) mass is 490 g/mol. The molecule has 0 aliphatic carbocycles. The quantitative estimate of drug-likeness (QED) is 0.487. The van der Waals surface area contributed by atoms with Crippen molar-refractivity contribution in [1.82, 2.24) is 10.6 Å². The number of aliphatic hydroxyl groups excluding tert-OH is 1. The van der Waals surface area contributed by atoms with Gasteiger partial charge in [0.2, 0.25) is 0 Å². The summed E-state index contributed by atoms with van der Waals surface area (Å²) in [6, 6.07) is 5.10. The smallest absolute Gasteiger partial charge is 0.254 e. The van der Waals surface area contributed by atoms with E-state index in [0.717, 1.165) is 0 Å². The molecule has 0 saturated carbocycles. The summed E-state index contributed by atoms with van der Waals surface area (Å²) in [5.74, 6) is -2.19. The van der Waals surface area contributed by atoms with Crippen LogP contribution >= 0.6 is 0 Å². The zero-order valence-corrected chi connectivity index (χ0v) is 19.4. The van der Waals surface area contributed by atoms with Gasteiger partial charge >= 0.3 is 0 Å². The van der Waals surface area contributed by atoms with Crippen LogP contribution in [0.1, 0.15) is 43.8 Å². The van der Waals surface area contributed by atoms with Crippen LogP contribution in [0, 0.1) is 11.6 Å². The SMILES string of the molecule is COCCNC(=O)c1ccc(Cc2cc(C(=O)N[C@H]3CCOC[C@@H]3O)c(F)c3c2OCC3)cc1F. The molecule has 2 aromatic rings. The van der Waals surface area contributed by atoms with E-state index in [2.05, 4.69) is 10.6 Å². The summed E-state index contributed by atoms with van der Waals surface area (Å²) in [5.41, 5.74) is 1.12. The molecule has 2 aliphatic rings. The first-order valence-electron chi connectivity index (χ1n) is 11.5. The van der Waals surface area contributed by atoms with Gasteiger partial charge in [0.25, 0.3) is 11.8 Å². The van der Waals surface area contributed by atoms with Crippen LogP contribution in [0.25, 0.3) is 0 Å². The maximum Gasteiger partial charge on any atom is 0.254 e. The molecule has 2 aromatic carbocycles. The maximum absolute atomic E-state index is 15.2. The highest BCUT2D eigenvalue weighted by molar-refractivity contribution is 5.96. The Kier molecular flexibility index (Phi) is 7.94. The fourth-order valence-electron chi connectivity index (χ4n) is 4.29. The first-order valence-corrected chi connectivity index (χ1v) is 11.5. The Hall–Kier alpha value is -3.08. The highest BCUT2D eigenvalue weighted by Crippen LogP contribution is 2.35. The normalized spacial score (nSPS) is 19.1. The minimum atomic E-state index is -0.874. The lowest BCUT2D eigenvalue weighted by atomic mass is 9.96. The van der Waals surface area contributed by atoms with Crippen molar-refractivity contribution in [3.8, 4) is 5.75 Å². The Bertz CT molecular complexity index is 1110. The number of fused-ring (bicyclic) bond motifs is 1. The summed E-state index contributed by atoms with van der Waals surface area (Å²) in [4.78, 5) is 25.1. The number of carbonyl (C=O) groups is 2. The zero-order valence-electron chi connectivity index (χ0n) is 19.4. The van der Waals surface area contributed by atoms with Gasteiger partial charge in [-0.3, -0.25) is 9.59 Å². The number of amides is 2. The number of rotatable bonds is 8. The summed E-state index contributed by atoms with van der Waals surface area (Å²) in [5, 5.41) is 15.3. The van der Waals surface area contributed by atoms with Gasteiger partial charge in [-0.15, -0.1) is 0 Å². The van der Waals surface area contributed by atoms with Crippen LogP contribution in [0.3, 0.4) is 0 Å². The van der Waals surface area contributed by atoms with E-state index in [1.54, 1.807) is 6.07 Å². The Balaban J connectivity index is 1.56. The lowest BCUT2D eigenvalue weighted by Gasteiger charge is -2.28. The predicted octanol–water partition coefficient (Wildman–Crippen LogP) is 1.75. The van der Waals surface area contributed by atoms with Crippen LogP contribution in [0.15, 0.2) is 24.3 Å². The van der Waals surface area contributed by atoms with Crippen molar-refractivity contribution >= 4 is 11.8 Å². The Morgan fingerprint density at radius 3 is 2.74 bits per heavy atom. The fraction of sp³-hybridized carbons (Fsp3) is 0.440. The molecule has 2 atom stereocenters. The molecule has 0 radical (unpaired) electrons. The van der Waals surface area contributed by atoms with Gasteiger partial charge in [-0.1, -0.05) is 6.07 Å². The van der Waals surface area contributed by atoms with Gasteiger partial charge in [-0.2, -0.15) is 0 Å². The molecule has 0 spiro atoms. The summed E-state index contributed by atoms with van der Waals surface area (Å²) >= 11 is 0. The van der Waals surface area contributed by atoms with Gasteiger partial charge in [0.05, 0.1) is 43.1 Å². The molecule has 1 fully saturated rings. The molecule has 8 nitrogen and oxygen atoms in total. The predicted molar refractivity (Wildman–Crippen MR) is 122 cm³/mol. The second-order valence-corrected chi connectivity index (χ2v) is 8.55. The van der Waals surface area contributed by atoms with Gasteiger partial charge in [0.15, 0.2) is 0 Å². The molecular formula is C25H28F2N2O6. The Labute approximate surface area is 201 Å². The second kappa shape index (κ2) is 11.1. The van der Waals surface area contributed by atoms with Crippen molar-refractivity contribution in [2.75, 3.05) is 40.1 Å². The molecule has 0 bridgehead atoms. The highest BCUT2D eigenvalue weighted by Gasteiger charge is 2.30. The van der Waals surface area contributed by atoms with Gasteiger partial charge in [-0.25, -0.2) is 8.78 Å². The van der Waals surface area contributed by atoms with Crippen LogP contribution in [-0.4, -0.2) is 69.1 Å². The largest absolute Gasteiger partial charge is 0.493 e. The molecule has 1 saturated heterocycles. The lowest BCUT2D eigenvalue weighted by Crippen LogP contribution is -2.48. The average molecular weight is 491 g/mol. The van der Waals surface area contributed by atoms with E-state index in [9.17, 15) is 19.1 Å². The lowest BCUT2D eigenvalue weighted by molar-refractivity contribution is -0.0261. The van der Waals surface area contributed by atoms with Crippen LogP contribution in [-0.2, 0) is 22.3 Å². The molecule has 3 N–H and O–H groups in total. The summed E-state index contributed by atoms with van der Waals surface area (Å²) in [6.07, 6.45) is 0.0244. The van der Waals surface area contributed by atoms with E-state index in [-0.39, 0.29) is 37.3 Å². The Morgan fingerprint density at radius 1 is 1.17 bits per heavy atom. The number of hydrogen-bond donors (Lipinski definition) is 3.